The molecule has 0 bridgehead atoms. The van der Waals surface area contributed by atoms with Crippen LogP contribution in [0.1, 0.15) is 38.2 Å². The Bertz CT molecular complexity index is 622. The number of amides is 1. The molecule has 2 fully saturated rings. The van der Waals surface area contributed by atoms with Crippen LogP contribution in [0.5, 0.6) is 0 Å². The second-order valence-electron chi connectivity index (χ2n) is 6.87. The Labute approximate surface area is 155 Å². The van der Waals surface area contributed by atoms with Gasteiger partial charge in [0.1, 0.15) is 0 Å². The van der Waals surface area contributed by atoms with Gasteiger partial charge in [0, 0.05) is 12.2 Å². The van der Waals surface area contributed by atoms with E-state index in [1.54, 1.807) is 6.92 Å². The standard InChI is InChI=1S/C19H26N2O3.ClH/c1-2-24-17(22)11-14-6-5-8-16(10-14)21-18(23)19-9-4-3-7-15(19)12-20-13-19;/h5-6,8,10,15,20H,2-4,7,9,11-13H2,1H3,(H,21,23);1H/t15-,19+;/m0./s1. The minimum atomic E-state index is -0.268. The zero-order valence-electron chi connectivity index (χ0n) is 14.7. The molecular formula is C19H27ClN2O3. The Kier molecular flexibility index (Phi) is 6.85. The molecule has 1 saturated heterocycles. The van der Waals surface area contributed by atoms with E-state index in [-0.39, 0.29) is 36.1 Å². The lowest BCUT2D eigenvalue weighted by atomic mass is 9.67. The molecule has 25 heavy (non-hydrogen) atoms. The van der Waals surface area contributed by atoms with Gasteiger partial charge in [-0.3, -0.25) is 9.59 Å². The number of rotatable bonds is 5. The van der Waals surface area contributed by atoms with Gasteiger partial charge >= 0.3 is 5.97 Å². The van der Waals surface area contributed by atoms with Crippen LogP contribution in [0.2, 0.25) is 0 Å². The summed E-state index contributed by atoms with van der Waals surface area (Å²) in [6.07, 6.45) is 4.65. The SMILES string of the molecule is CCOC(=O)Cc1cccc(NC(=O)[C@@]23CCCC[C@H]2CNC3)c1.Cl. The van der Waals surface area contributed by atoms with Crippen molar-refractivity contribution in [2.24, 2.45) is 11.3 Å². The summed E-state index contributed by atoms with van der Waals surface area (Å²) in [5, 5.41) is 6.49. The molecular weight excluding hydrogens is 340 g/mol. The van der Waals surface area contributed by atoms with Crippen molar-refractivity contribution < 1.29 is 14.3 Å². The van der Waals surface area contributed by atoms with E-state index in [1.165, 1.54) is 6.42 Å². The Balaban J connectivity index is 0.00000225. The second kappa shape index (κ2) is 8.68. The van der Waals surface area contributed by atoms with Gasteiger partial charge in [-0.2, -0.15) is 0 Å². The van der Waals surface area contributed by atoms with Gasteiger partial charge in [-0.05, 0) is 49.9 Å². The van der Waals surface area contributed by atoms with Crippen molar-refractivity contribution in [3.8, 4) is 0 Å². The Morgan fingerprint density at radius 1 is 1.36 bits per heavy atom. The fourth-order valence-corrected chi connectivity index (χ4v) is 4.08. The normalized spacial score (nSPS) is 24.8. The van der Waals surface area contributed by atoms with Gasteiger partial charge in [0.15, 0.2) is 0 Å². The number of halogens is 1. The summed E-state index contributed by atoms with van der Waals surface area (Å²) in [6.45, 7) is 3.89. The molecule has 0 aromatic heterocycles. The topological polar surface area (TPSA) is 67.4 Å². The van der Waals surface area contributed by atoms with Crippen LogP contribution in [0.25, 0.3) is 0 Å². The monoisotopic (exact) mass is 366 g/mol. The highest BCUT2D eigenvalue weighted by Crippen LogP contribution is 2.44. The van der Waals surface area contributed by atoms with Crippen molar-refractivity contribution in [3.63, 3.8) is 0 Å². The maximum atomic E-state index is 13.0. The summed E-state index contributed by atoms with van der Waals surface area (Å²) >= 11 is 0. The summed E-state index contributed by atoms with van der Waals surface area (Å²) in [4.78, 5) is 24.6. The molecule has 1 heterocycles. The first kappa shape index (κ1) is 19.7. The van der Waals surface area contributed by atoms with E-state index in [9.17, 15) is 9.59 Å². The largest absolute Gasteiger partial charge is 0.466 e. The first-order valence-electron chi connectivity index (χ1n) is 8.91. The number of ether oxygens (including phenoxy) is 1. The minimum absolute atomic E-state index is 0. The van der Waals surface area contributed by atoms with E-state index in [1.807, 2.05) is 24.3 Å². The number of esters is 1. The molecule has 6 heteroatoms. The highest BCUT2D eigenvalue weighted by atomic mass is 35.5. The summed E-state index contributed by atoms with van der Waals surface area (Å²) in [6, 6.07) is 7.49. The molecule has 1 saturated carbocycles. The summed E-state index contributed by atoms with van der Waals surface area (Å²) in [5.41, 5.74) is 1.34. The van der Waals surface area contributed by atoms with E-state index in [4.69, 9.17) is 4.74 Å². The summed E-state index contributed by atoms with van der Waals surface area (Å²) in [5.74, 6) is 0.311. The van der Waals surface area contributed by atoms with Crippen LogP contribution in [-0.4, -0.2) is 31.6 Å². The van der Waals surface area contributed by atoms with Crippen LogP contribution < -0.4 is 10.6 Å². The van der Waals surface area contributed by atoms with Crippen molar-refractivity contribution in [2.75, 3.05) is 25.0 Å². The maximum Gasteiger partial charge on any atom is 0.310 e. The molecule has 1 aliphatic heterocycles. The van der Waals surface area contributed by atoms with Gasteiger partial charge in [-0.15, -0.1) is 12.4 Å². The molecule has 5 nitrogen and oxygen atoms in total. The number of carbonyl (C=O) groups is 2. The predicted octanol–water partition coefficient (Wildman–Crippen LogP) is 2.93. The molecule has 138 valence electrons. The van der Waals surface area contributed by atoms with Crippen molar-refractivity contribution in [2.45, 2.75) is 39.0 Å². The minimum Gasteiger partial charge on any atom is -0.466 e. The van der Waals surface area contributed by atoms with Gasteiger partial charge in [-0.1, -0.05) is 25.0 Å². The van der Waals surface area contributed by atoms with Crippen LogP contribution in [0.4, 0.5) is 5.69 Å². The van der Waals surface area contributed by atoms with Crippen LogP contribution in [0.3, 0.4) is 0 Å². The van der Waals surface area contributed by atoms with Gasteiger partial charge < -0.3 is 15.4 Å². The summed E-state index contributed by atoms with van der Waals surface area (Å²) in [7, 11) is 0. The third-order valence-electron chi connectivity index (χ3n) is 5.33. The molecule has 0 radical (unpaired) electrons. The number of carbonyl (C=O) groups excluding carboxylic acids is 2. The Morgan fingerprint density at radius 2 is 2.20 bits per heavy atom. The number of fused-ring (bicyclic) bond motifs is 1. The molecule has 2 aliphatic rings. The lowest BCUT2D eigenvalue weighted by Gasteiger charge is -2.37. The fourth-order valence-electron chi connectivity index (χ4n) is 4.08. The first-order valence-corrected chi connectivity index (χ1v) is 8.91. The number of nitrogens with one attached hydrogen (secondary N) is 2. The molecule has 0 spiro atoms. The van der Waals surface area contributed by atoms with Gasteiger partial charge in [0.2, 0.25) is 5.91 Å². The molecule has 2 N–H and O–H groups in total. The third kappa shape index (κ3) is 4.33. The lowest BCUT2D eigenvalue weighted by Crippen LogP contribution is -2.44. The molecule has 2 atom stereocenters. The summed E-state index contributed by atoms with van der Waals surface area (Å²) < 4.78 is 4.98. The molecule has 0 unspecified atom stereocenters. The molecule has 1 amide bonds. The lowest BCUT2D eigenvalue weighted by molar-refractivity contribution is -0.142. The number of hydrogen-bond acceptors (Lipinski definition) is 4. The fraction of sp³-hybridized carbons (Fsp3) is 0.579. The van der Waals surface area contributed by atoms with Crippen LogP contribution in [-0.2, 0) is 20.7 Å². The quantitative estimate of drug-likeness (QED) is 0.786. The highest BCUT2D eigenvalue weighted by Gasteiger charge is 2.49. The number of benzene rings is 1. The third-order valence-corrected chi connectivity index (χ3v) is 5.33. The average Bonchev–Trinajstić information content (AvgIpc) is 3.00. The van der Waals surface area contributed by atoms with Crippen LogP contribution >= 0.6 is 12.4 Å². The smallest absolute Gasteiger partial charge is 0.310 e. The number of anilines is 1. The molecule has 1 aliphatic carbocycles. The maximum absolute atomic E-state index is 13.0. The van der Waals surface area contributed by atoms with E-state index in [0.29, 0.717) is 12.5 Å². The zero-order chi connectivity index (χ0) is 17.0. The van der Waals surface area contributed by atoms with E-state index in [0.717, 1.165) is 43.6 Å². The Hall–Kier alpha value is -1.59. The van der Waals surface area contributed by atoms with Crippen LogP contribution in [0.15, 0.2) is 24.3 Å². The van der Waals surface area contributed by atoms with Crippen LogP contribution in [0, 0.1) is 11.3 Å². The highest BCUT2D eigenvalue weighted by molar-refractivity contribution is 5.96. The van der Waals surface area contributed by atoms with Crippen molar-refractivity contribution in [3.05, 3.63) is 29.8 Å². The average molecular weight is 367 g/mol. The first-order chi connectivity index (χ1) is 11.6. The van der Waals surface area contributed by atoms with Gasteiger partial charge in [-0.25, -0.2) is 0 Å². The second-order valence-corrected chi connectivity index (χ2v) is 6.87. The van der Waals surface area contributed by atoms with E-state index in [2.05, 4.69) is 10.6 Å². The van der Waals surface area contributed by atoms with Crippen molar-refractivity contribution in [1.29, 1.82) is 0 Å². The van der Waals surface area contributed by atoms with E-state index < -0.39 is 0 Å². The molecule has 1 aromatic rings. The van der Waals surface area contributed by atoms with Crippen molar-refractivity contribution in [1.82, 2.24) is 5.32 Å². The molecule has 3 rings (SSSR count). The predicted molar refractivity (Wildman–Crippen MR) is 99.9 cm³/mol. The number of hydrogen-bond donors (Lipinski definition) is 2. The van der Waals surface area contributed by atoms with Crippen molar-refractivity contribution >= 4 is 30.0 Å². The van der Waals surface area contributed by atoms with Gasteiger partial charge in [0.25, 0.3) is 0 Å². The van der Waals surface area contributed by atoms with E-state index >= 15 is 0 Å². The van der Waals surface area contributed by atoms with Gasteiger partial charge in [0.05, 0.1) is 18.4 Å². The molecule has 1 aromatic carbocycles. The Morgan fingerprint density at radius 3 is 3.00 bits per heavy atom. The zero-order valence-corrected chi connectivity index (χ0v) is 15.5.